The van der Waals surface area contributed by atoms with Gasteiger partial charge in [-0.05, 0) is 17.4 Å². The van der Waals surface area contributed by atoms with E-state index in [2.05, 4.69) is 0 Å². The second kappa shape index (κ2) is 5.46. The number of thiophene rings is 1. The highest BCUT2D eigenvalue weighted by atomic mass is 32.1. The van der Waals surface area contributed by atoms with Crippen LogP contribution in [0.25, 0.3) is 0 Å². The second-order valence-corrected chi connectivity index (χ2v) is 4.93. The van der Waals surface area contributed by atoms with Gasteiger partial charge in [-0.1, -0.05) is 32.8 Å². The summed E-state index contributed by atoms with van der Waals surface area (Å²) in [7, 11) is 0. The number of carboxylic acid groups (broad SMARTS) is 1. The van der Waals surface area contributed by atoms with Crippen molar-refractivity contribution in [2.45, 2.75) is 38.7 Å². The number of carboxylic acids is 1. The molecule has 0 radical (unpaired) electrons. The Morgan fingerprint density at radius 3 is 2.50 bits per heavy atom. The van der Waals surface area contributed by atoms with Gasteiger partial charge in [0.15, 0.2) is 0 Å². The van der Waals surface area contributed by atoms with E-state index in [1.54, 1.807) is 0 Å². The largest absolute Gasteiger partial charge is 0.481 e. The lowest BCUT2D eigenvalue weighted by atomic mass is 9.80. The van der Waals surface area contributed by atoms with Gasteiger partial charge in [0.1, 0.15) is 5.60 Å². The van der Waals surface area contributed by atoms with E-state index in [1.807, 2.05) is 31.4 Å². The molecule has 0 bridgehead atoms. The Kier molecular flexibility index (Phi) is 4.50. The molecule has 1 rings (SSSR count). The van der Waals surface area contributed by atoms with Gasteiger partial charge < -0.3 is 10.2 Å². The molecule has 0 aromatic carbocycles. The first-order valence-electron chi connectivity index (χ1n) is 5.52. The molecule has 0 spiro atoms. The van der Waals surface area contributed by atoms with Crippen molar-refractivity contribution in [2.75, 3.05) is 0 Å². The summed E-state index contributed by atoms with van der Waals surface area (Å²) in [5, 5.41) is 21.4. The summed E-state index contributed by atoms with van der Waals surface area (Å²) in [4.78, 5) is 11.6. The first-order valence-corrected chi connectivity index (χ1v) is 6.40. The monoisotopic (exact) mass is 242 g/mol. The number of carbonyl (C=O) groups is 1. The van der Waals surface area contributed by atoms with E-state index in [4.69, 9.17) is 5.11 Å². The molecule has 1 aromatic rings. The van der Waals surface area contributed by atoms with Gasteiger partial charge >= 0.3 is 5.97 Å². The van der Waals surface area contributed by atoms with E-state index in [-0.39, 0.29) is 12.3 Å². The van der Waals surface area contributed by atoms with Gasteiger partial charge in [-0.15, -0.1) is 11.3 Å². The van der Waals surface area contributed by atoms with Gasteiger partial charge in [0.25, 0.3) is 0 Å². The highest BCUT2D eigenvalue weighted by Crippen LogP contribution is 2.39. The van der Waals surface area contributed by atoms with E-state index < -0.39 is 11.6 Å². The summed E-state index contributed by atoms with van der Waals surface area (Å²) in [5.74, 6) is -0.968. The highest BCUT2D eigenvalue weighted by Gasteiger charge is 2.39. The minimum Gasteiger partial charge on any atom is -0.481 e. The molecule has 90 valence electrons. The molecule has 0 aliphatic carbocycles. The zero-order chi connectivity index (χ0) is 12.2. The molecule has 16 heavy (non-hydrogen) atoms. The zero-order valence-electron chi connectivity index (χ0n) is 9.64. The summed E-state index contributed by atoms with van der Waals surface area (Å²) < 4.78 is 0. The number of hydrogen-bond acceptors (Lipinski definition) is 3. The Balaban J connectivity index is 3.05. The van der Waals surface area contributed by atoms with Crippen LogP contribution in [0.5, 0.6) is 0 Å². The summed E-state index contributed by atoms with van der Waals surface area (Å²) in [6.45, 7) is 3.96. The van der Waals surface area contributed by atoms with Crippen LogP contribution in [0.4, 0.5) is 0 Å². The summed E-state index contributed by atoms with van der Waals surface area (Å²) in [6.07, 6.45) is 1.33. The third-order valence-corrected chi connectivity index (χ3v) is 4.07. The van der Waals surface area contributed by atoms with Crippen LogP contribution in [-0.2, 0) is 10.4 Å². The molecule has 1 unspecified atom stereocenters. The maximum atomic E-state index is 10.9. The molecule has 0 amide bonds. The molecule has 0 saturated heterocycles. The average Bonchev–Trinajstić information content (AvgIpc) is 2.71. The van der Waals surface area contributed by atoms with Crippen LogP contribution in [0.3, 0.4) is 0 Å². The van der Waals surface area contributed by atoms with E-state index >= 15 is 0 Å². The van der Waals surface area contributed by atoms with Crippen LogP contribution in [0, 0.1) is 5.92 Å². The smallest absolute Gasteiger partial charge is 0.306 e. The Labute approximate surface area is 99.7 Å². The van der Waals surface area contributed by atoms with Crippen molar-refractivity contribution in [3.8, 4) is 0 Å². The molecular formula is C12H18O3S. The number of rotatable bonds is 6. The van der Waals surface area contributed by atoms with E-state index in [0.717, 1.165) is 17.7 Å². The van der Waals surface area contributed by atoms with Crippen molar-refractivity contribution in [3.05, 3.63) is 22.4 Å². The maximum absolute atomic E-state index is 10.9. The standard InChI is InChI=1S/C12H18O3S/c1-3-9(4-2)12(15,8-11(13)14)10-6-5-7-16-10/h5-7,9,15H,3-4,8H2,1-2H3,(H,13,14). The lowest BCUT2D eigenvalue weighted by molar-refractivity contribution is -0.146. The van der Waals surface area contributed by atoms with Crippen molar-refractivity contribution < 1.29 is 15.0 Å². The van der Waals surface area contributed by atoms with Crippen LogP contribution < -0.4 is 0 Å². The van der Waals surface area contributed by atoms with Crippen molar-refractivity contribution in [1.82, 2.24) is 0 Å². The summed E-state index contributed by atoms with van der Waals surface area (Å²) in [5.41, 5.74) is -1.22. The van der Waals surface area contributed by atoms with Gasteiger partial charge in [0.05, 0.1) is 6.42 Å². The lowest BCUT2D eigenvalue weighted by Gasteiger charge is -2.33. The molecule has 0 fully saturated rings. The Bertz CT molecular complexity index is 330. The molecule has 2 N–H and O–H groups in total. The molecule has 0 aliphatic heterocycles. The molecule has 3 nitrogen and oxygen atoms in total. The molecule has 1 aromatic heterocycles. The van der Waals surface area contributed by atoms with Gasteiger partial charge in [-0.25, -0.2) is 0 Å². The van der Waals surface area contributed by atoms with Crippen LogP contribution >= 0.6 is 11.3 Å². The van der Waals surface area contributed by atoms with Crippen LogP contribution in [0.1, 0.15) is 38.0 Å². The predicted molar refractivity (Wildman–Crippen MR) is 64.5 cm³/mol. The zero-order valence-corrected chi connectivity index (χ0v) is 10.5. The Hall–Kier alpha value is -0.870. The Morgan fingerprint density at radius 1 is 1.50 bits per heavy atom. The minimum atomic E-state index is -1.22. The molecular weight excluding hydrogens is 224 g/mol. The average molecular weight is 242 g/mol. The number of aliphatic carboxylic acids is 1. The van der Waals surface area contributed by atoms with Gasteiger partial charge in [0, 0.05) is 4.88 Å². The summed E-state index contributed by atoms with van der Waals surface area (Å²) in [6, 6.07) is 3.65. The SMILES string of the molecule is CCC(CC)C(O)(CC(=O)O)c1cccs1. The number of hydrogen-bond donors (Lipinski definition) is 2. The van der Waals surface area contributed by atoms with E-state index in [0.29, 0.717) is 0 Å². The Morgan fingerprint density at radius 2 is 2.12 bits per heavy atom. The van der Waals surface area contributed by atoms with Crippen molar-refractivity contribution in [3.63, 3.8) is 0 Å². The lowest BCUT2D eigenvalue weighted by Crippen LogP contribution is -2.36. The van der Waals surface area contributed by atoms with Crippen molar-refractivity contribution in [1.29, 1.82) is 0 Å². The normalized spacial score (nSPS) is 15.0. The molecule has 0 saturated carbocycles. The van der Waals surface area contributed by atoms with Gasteiger partial charge in [-0.3, -0.25) is 4.79 Å². The molecule has 4 heteroatoms. The predicted octanol–water partition coefficient (Wildman–Crippen LogP) is 2.85. The molecule has 1 heterocycles. The van der Waals surface area contributed by atoms with Crippen LogP contribution in [0.15, 0.2) is 17.5 Å². The topological polar surface area (TPSA) is 57.5 Å². The van der Waals surface area contributed by atoms with Crippen molar-refractivity contribution in [2.24, 2.45) is 5.92 Å². The fourth-order valence-electron chi connectivity index (χ4n) is 2.15. The number of aliphatic hydroxyl groups is 1. The first kappa shape index (κ1) is 13.2. The fraction of sp³-hybridized carbons (Fsp3) is 0.583. The first-order chi connectivity index (χ1) is 7.54. The summed E-state index contributed by atoms with van der Waals surface area (Å²) >= 11 is 1.42. The highest BCUT2D eigenvalue weighted by molar-refractivity contribution is 7.10. The minimum absolute atomic E-state index is 0.0118. The quantitative estimate of drug-likeness (QED) is 0.806. The van der Waals surface area contributed by atoms with Crippen molar-refractivity contribution >= 4 is 17.3 Å². The van der Waals surface area contributed by atoms with E-state index in [9.17, 15) is 9.90 Å². The second-order valence-electron chi connectivity index (χ2n) is 3.99. The molecule has 1 atom stereocenters. The fourth-order valence-corrected chi connectivity index (χ4v) is 3.06. The van der Waals surface area contributed by atoms with Gasteiger partial charge in [0.2, 0.25) is 0 Å². The maximum Gasteiger partial charge on any atom is 0.306 e. The third-order valence-electron chi connectivity index (χ3n) is 3.03. The van der Waals surface area contributed by atoms with E-state index in [1.165, 1.54) is 11.3 Å². The molecule has 0 aliphatic rings. The van der Waals surface area contributed by atoms with Gasteiger partial charge in [-0.2, -0.15) is 0 Å². The third kappa shape index (κ3) is 2.62. The van der Waals surface area contributed by atoms with Crippen LogP contribution in [-0.4, -0.2) is 16.2 Å². The van der Waals surface area contributed by atoms with Crippen LogP contribution in [0.2, 0.25) is 0 Å².